The van der Waals surface area contributed by atoms with Crippen molar-refractivity contribution < 1.29 is 4.79 Å². The van der Waals surface area contributed by atoms with Crippen molar-refractivity contribution in [1.82, 2.24) is 10.6 Å². The van der Waals surface area contributed by atoms with Crippen molar-refractivity contribution in [3.63, 3.8) is 0 Å². The Balaban J connectivity index is 1.74. The van der Waals surface area contributed by atoms with Gasteiger partial charge in [0.2, 0.25) is 5.91 Å². The second kappa shape index (κ2) is 4.30. The molecule has 2 N–H and O–H groups in total. The van der Waals surface area contributed by atoms with E-state index in [-0.39, 0.29) is 11.9 Å². The molecular formula is C11H20N2O. The van der Waals surface area contributed by atoms with Gasteiger partial charge in [-0.3, -0.25) is 4.79 Å². The highest BCUT2D eigenvalue weighted by atomic mass is 16.2. The summed E-state index contributed by atoms with van der Waals surface area (Å²) in [4.78, 5) is 11.6. The van der Waals surface area contributed by atoms with Gasteiger partial charge in [0.15, 0.2) is 0 Å². The lowest BCUT2D eigenvalue weighted by molar-refractivity contribution is -0.125. The summed E-state index contributed by atoms with van der Waals surface area (Å²) >= 11 is 0. The molecule has 0 bridgehead atoms. The molecule has 0 aromatic rings. The molecule has 0 radical (unpaired) electrons. The van der Waals surface area contributed by atoms with Crippen LogP contribution in [0.25, 0.3) is 0 Å². The molecule has 80 valence electrons. The van der Waals surface area contributed by atoms with E-state index in [2.05, 4.69) is 17.6 Å². The van der Waals surface area contributed by atoms with Crippen molar-refractivity contribution >= 4 is 5.91 Å². The molecule has 1 amide bonds. The molecule has 0 spiro atoms. The van der Waals surface area contributed by atoms with Crippen molar-refractivity contribution in [2.24, 2.45) is 5.92 Å². The fraction of sp³-hybridized carbons (Fsp3) is 0.909. The van der Waals surface area contributed by atoms with Gasteiger partial charge in [0.25, 0.3) is 0 Å². The zero-order chi connectivity index (χ0) is 9.97. The molecule has 1 unspecified atom stereocenters. The first kappa shape index (κ1) is 9.97. The number of nitrogens with one attached hydrogen (secondary N) is 2. The van der Waals surface area contributed by atoms with E-state index in [1.165, 1.54) is 25.7 Å². The van der Waals surface area contributed by atoms with Crippen LogP contribution in [-0.2, 0) is 4.79 Å². The number of hydrogen-bond acceptors (Lipinski definition) is 2. The summed E-state index contributed by atoms with van der Waals surface area (Å²) < 4.78 is 0. The highest BCUT2D eigenvalue weighted by Crippen LogP contribution is 2.27. The average Bonchev–Trinajstić information content (AvgIpc) is 2.51. The molecule has 2 aliphatic rings. The second-order valence-corrected chi connectivity index (χ2v) is 4.64. The summed E-state index contributed by atoms with van der Waals surface area (Å²) in [5.41, 5.74) is 0. The fourth-order valence-electron chi connectivity index (χ4n) is 2.41. The molecule has 14 heavy (non-hydrogen) atoms. The Morgan fingerprint density at radius 2 is 2.00 bits per heavy atom. The lowest BCUT2D eigenvalue weighted by atomic mass is 9.98. The van der Waals surface area contributed by atoms with Crippen LogP contribution in [-0.4, -0.2) is 24.5 Å². The van der Waals surface area contributed by atoms with Gasteiger partial charge in [0.05, 0.1) is 6.04 Å². The van der Waals surface area contributed by atoms with Crippen LogP contribution in [0.3, 0.4) is 0 Å². The predicted octanol–water partition coefficient (Wildman–Crippen LogP) is 1.04. The van der Waals surface area contributed by atoms with Gasteiger partial charge in [-0.25, -0.2) is 0 Å². The smallest absolute Gasteiger partial charge is 0.237 e. The van der Waals surface area contributed by atoms with Crippen LogP contribution in [0.4, 0.5) is 0 Å². The number of carbonyl (C=O) groups is 1. The molecule has 1 saturated heterocycles. The van der Waals surface area contributed by atoms with Crippen molar-refractivity contribution in [1.29, 1.82) is 0 Å². The highest BCUT2D eigenvalue weighted by molar-refractivity contribution is 5.82. The molecule has 1 aliphatic carbocycles. The summed E-state index contributed by atoms with van der Waals surface area (Å²) in [6, 6.07) is 0.464. The molecule has 2 fully saturated rings. The van der Waals surface area contributed by atoms with Crippen LogP contribution in [0.2, 0.25) is 0 Å². The van der Waals surface area contributed by atoms with Crippen LogP contribution in [0.15, 0.2) is 0 Å². The molecule has 1 heterocycles. The largest absolute Gasteiger partial charge is 0.352 e. The highest BCUT2D eigenvalue weighted by Gasteiger charge is 2.28. The van der Waals surface area contributed by atoms with E-state index in [4.69, 9.17) is 0 Å². The molecule has 0 aromatic heterocycles. The van der Waals surface area contributed by atoms with Gasteiger partial charge in [-0.1, -0.05) is 12.8 Å². The predicted molar refractivity (Wildman–Crippen MR) is 56.0 cm³/mol. The van der Waals surface area contributed by atoms with Gasteiger partial charge in [0.1, 0.15) is 0 Å². The van der Waals surface area contributed by atoms with E-state index >= 15 is 0 Å². The van der Waals surface area contributed by atoms with E-state index in [9.17, 15) is 4.79 Å². The first-order valence-electron chi connectivity index (χ1n) is 5.81. The molecular weight excluding hydrogens is 176 g/mol. The Bertz CT molecular complexity index is 207. The van der Waals surface area contributed by atoms with Gasteiger partial charge in [0, 0.05) is 6.04 Å². The number of hydrogen-bond donors (Lipinski definition) is 2. The summed E-state index contributed by atoms with van der Waals surface area (Å²) in [5, 5.41) is 6.25. The lowest BCUT2D eigenvalue weighted by Gasteiger charge is -2.29. The van der Waals surface area contributed by atoms with Gasteiger partial charge in [-0.2, -0.15) is 0 Å². The SMILES string of the molecule is C[C@@H](NC(=O)C1CCN1)C1CCCC1. The quantitative estimate of drug-likeness (QED) is 0.708. The standard InChI is InChI=1S/C11H20N2O/c1-8(9-4-2-3-5-9)13-11(14)10-6-7-12-10/h8-10,12H,2-7H2,1H3,(H,13,14)/t8-,10?/m1/s1. The Kier molecular flexibility index (Phi) is 3.06. The van der Waals surface area contributed by atoms with Crippen LogP contribution in [0.5, 0.6) is 0 Å². The van der Waals surface area contributed by atoms with E-state index in [0.717, 1.165) is 18.9 Å². The van der Waals surface area contributed by atoms with Crippen LogP contribution in [0.1, 0.15) is 39.0 Å². The zero-order valence-electron chi connectivity index (χ0n) is 8.88. The summed E-state index contributed by atoms with van der Waals surface area (Å²) in [7, 11) is 0. The van der Waals surface area contributed by atoms with Crippen LogP contribution < -0.4 is 10.6 Å². The molecule has 0 aromatic carbocycles. The molecule has 3 nitrogen and oxygen atoms in total. The van der Waals surface area contributed by atoms with Crippen molar-refractivity contribution in [3.05, 3.63) is 0 Å². The first-order valence-corrected chi connectivity index (χ1v) is 5.81. The molecule has 2 rings (SSSR count). The summed E-state index contributed by atoms with van der Waals surface area (Å²) in [5.74, 6) is 0.926. The zero-order valence-corrected chi connectivity index (χ0v) is 8.88. The summed E-state index contributed by atoms with van der Waals surface area (Å²) in [6.07, 6.45) is 6.27. The Morgan fingerprint density at radius 1 is 1.36 bits per heavy atom. The van der Waals surface area contributed by atoms with Gasteiger partial charge in [-0.05, 0) is 38.6 Å². The average molecular weight is 196 g/mol. The molecule has 3 heteroatoms. The minimum Gasteiger partial charge on any atom is -0.352 e. The Morgan fingerprint density at radius 3 is 2.50 bits per heavy atom. The number of rotatable bonds is 3. The first-order chi connectivity index (χ1) is 6.77. The third-order valence-electron chi connectivity index (χ3n) is 3.62. The third-order valence-corrected chi connectivity index (χ3v) is 3.62. The van der Waals surface area contributed by atoms with Crippen molar-refractivity contribution in [3.8, 4) is 0 Å². The van der Waals surface area contributed by atoms with Gasteiger partial charge in [-0.15, -0.1) is 0 Å². The van der Waals surface area contributed by atoms with Crippen LogP contribution >= 0.6 is 0 Å². The van der Waals surface area contributed by atoms with Gasteiger partial charge < -0.3 is 10.6 Å². The van der Waals surface area contributed by atoms with Gasteiger partial charge >= 0.3 is 0 Å². The normalized spacial score (nSPS) is 29.6. The van der Waals surface area contributed by atoms with Crippen molar-refractivity contribution in [2.75, 3.05) is 6.54 Å². The lowest BCUT2D eigenvalue weighted by Crippen LogP contribution is -2.55. The molecule has 1 aliphatic heterocycles. The fourth-order valence-corrected chi connectivity index (χ4v) is 2.41. The van der Waals surface area contributed by atoms with Crippen LogP contribution in [0, 0.1) is 5.92 Å². The molecule has 1 saturated carbocycles. The minimum absolute atomic E-state index is 0.0962. The Hall–Kier alpha value is -0.570. The van der Waals surface area contributed by atoms with E-state index in [0.29, 0.717) is 6.04 Å². The van der Waals surface area contributed by atoms with E-state index in [1.54, 1.807) is 0 Å². The maximum Gasteiger partial charge on any atom is 0.237 e. The summed E-state index contributed by atoms with van der Waals surface area (Å²) in [6.45, 7) is 3.14. The van der Waals surface area contributed by atoms with Crippen molar-refractivity contribution in [2.45, 2.75) is 51.1 Å². The Labute approximate surface area is 85.6 Å². The topological polar surface area (TPSA) is 41.1 Å². The number of amides is 1. The molecule has 2 atom stereocenters. The van der Waals surface area contributed by atoms with E-state index < -0.39 is 0 Å². The third kappa shape index (κ3) is 2.08. The van der Waals surface area contributed by atoms with E-state index in [1.807, 2.05) is 0 Å². The maximum absolute atomic E-state index is 11.6. The minimum atomic E-state index is 0.0962. The second-order valence-electron chi connectivity index (χ2n) is 4.64. The monoisotopic (exact) mass is 196 g/mol. The number of carbonyl (C=O) groups excluding carboxylic acids is 1. The maximum atomic E-state index is 11.6.